The van der Waals surface area contributed by atoms with E-state index in [9.17, 15) is 0 Å². The average Bonchev–Trinajstić information content (AvgIpc) is 3.51. The van der Waals surface area contributed by atoms with Crippen LogP contribution in [0.2, 0.25) is 10.0 Å². The number of aliphatic imine (C=N–C) groups is 1. The maximum absolute atomic E-state index is 6.55. The summed E-state index contributed by atoms with van der Waals surface area (Å²) >= 11 is 12.7. The van der Waals surface area contributed by atoms with E-state index in [0.717, 1.165) is 22.3 Å². The molecule has 0 saturated heterocycles. The van der Waals surface area contributed by atoms with Gasteiger partial charge in [0.15, 0.2) is 0 Å². The van der Waals surface area contributed by atoms with Crippen molar-refractivity contribution in [1.29, 1.82) is 0 Å². The number of halogens is 2. The SMILES string of the molecule is Clc1ccc(C2(Cn3cncn3)COC(c3ccc(-c4ccoc4)cc3)=N2)c(Cl)c1. The second-order valence-electron chi connectivity index (χ2n) is 7.04. The predicted octanol–water partition coefficient (Wildman–Crippen LogP) is 5.22. The lowest BCUT2D eigenvalue weighted by atomic mass is 9.91. The zero-order chi connectivity index (χ0) is 20.6. The highest BCUT2D eigenvalue weighted by molar-refractivity contribution is 6.35. The first-order valence-electron chi connectivity index (χ1n) is 9.27. The van der Waals surface area contributed by atoms with Crippen molar-refractivity contribution in [1.82, 2.24) is 14.8 Å². The van der Waals surface area contributed by atoms with Crippen LogP contribution in [0, 0.1) is 0 Å². The fourth-order valence-corrected chi connectivity index (χ4v) is 4.17. The fraction of sp³-hybridized carbons (Fsp3) is 0.136. The first-order valence-corrected chi connectivity index (χ1v) is 10.0. The molecule has 6 nitrogen and oxygen atoms in total. The van der Waals surface area contributed by atoms with Gasteiger partial charge in [-0.25, -0.2) is 9.98 Å². The summed E-state index contributed by atoms with van der Waals surface area (Å²) in [6.45, 7) is 0.762. The Morgan fingerprint density at radius 1 is 1.00 bits per heavy atom. The fourth-order valence-electron chi connectivity index (χ4n) is 3.58. The van der Waals surface area contributed by atoms with Gasteiger partial charge in [0, 0.05) is 26.7 Å². The quantitative estimate of drug-likeness (QED) is 0.428. The Kier molecular flexibility index (Phi) is 4.81. The van der Waals surface area contributed by atoms with E-state index < -0.39 is 5.54 Å². The van der Waals surface area contributed by atoms with Gasteiger partial charge in [0.2, 0.25) is 5.90 Å². The van der Waals surface area contributed by atoms with Crippen LogP contribution in [0.5, 0.6) is 0 Å². The summed E-state index contributed by atoms with van der Waals surface area (Å²) in [5, 5.41) is 5.34. The monoisotopic (exact) mass is 438 g/mol. The molecular weight excluding hydrogens is 423 g/mol. The van der Waals surface area contributed by atoms with Gasteiger partial charge in [0.05, 0.1) is 19.1 Å². The van der Waals surface area contributed by atoms with Crippen LogP contribution < -0.4 is 0 Å². The largest absolute Gasteiger partial charge is 0.474 e. The first kappa shape index (κ1) is 18.9. The second-order valence-corrected chi connectivity index (χ2v) is 7.89. The molecule has 0 radical (unpaired) electrons. The summed E-state index contributed by atoms with van der Waals surface area (Å²) in [4.78, 5) is 9.02. The molecule has 30 heavy (non-hydrogen) atoms. The summed E-state index contributed by atoms with van der Waals surface area (Å²) in [7, 11) is 0. The molecule has 2 aromatic heterocycles. The third-order valence-electron chi connectivity index (χ3n) is 5.07. The minimum Gasteiger partial charge on any atom is -0.474 e. The summed E-state index contributed by atoms with van der Waals surface area (Å²) in [6, 6.07) is 15.3. The van der Waals surface area contributed by atoms with Crippen LogP contribution in [-0.4, -0.2) is 27.3 Å². The topological polar surface area (TPSA) is 65.4 Å². The molecule has 1 atom stereocenters. The number of benzene rings is 2. The van der Waals surface area contributed by atoms with Gasteiger partial charge in [-0.3, -0.25) is 4.68 Å². The minimum absolute atomic E-state index is 0.326. The summed E-state index contributed by atoms with van der Waals surface area (Å²) in [6.07, 6.45) is 6.51. The average molecular weight is 439 g/mol. The van der Waals surface area contributed by atoms with E-state index in [1.165, 1.54) is 6.33 Å². The number of rotatable bonds is 5. The van der Waals surface area contributed by atoms with Crippen LogP contribution in [0.1, 0.15) is 11.1 Å². The number of nitrogens with zero attached hydrogens (tertiary/aromatic N) is 4. The van der Waals surface area contributed by atoms with E-state index in [1.807, 2.05) is 36.4 Å². The van der Waals surface area contributed by atoms with Crippen LogP contribution in [0.25, 0.3) is 11.1 Å². The van der Waals surface area contributed by atoms with Gasteiger partial charge in [-0.15, -0.1) is 0 Å². The van der Waals surface area contributed by atoms with E-state index in [0.29, 0.717) is 29.1 Å². The summed E-state index contributed by atoms with van der Waals surface area (Å²) < 4.78 is 12.9. The molecule has 8 heteroatoms. The number of hydrogen-bond acceptors (Lipinski definition) is 5. The second kappa shape index (κ2) is 7.63. The molecule has 4 aromatic rings. The standard InChI is InChI=1S/C22H16Cl2N4O2/c23-18-5-6-19(20(24)9-18)22(11-28-14-25-13-26-28)12-30-21(27-22)16-3-1-15(2-4-16)17-7-8-29-10-17/h1-10,13-14H,11-12H2. The molecule has 0 spiro atoms. The molecule has 1 aliphatic heterocycles. The highest BCUT2D eigenvalue weighted by Gasteiger charge is 2.41. The van der Waals surface area contributed by atoms with E-state index >= 15 is 0 Å². The third kappa shape index (κ3) is 3.49. The molecular formula is C22H16Cl2N4O2. The Hall–Kier alpha value is -3.09. The van der Waals surface area contributed by atoms with Crippen molar-refractivity contribution in [2.24, 2.45) is 4.99 Å². The Morgan fingerprint density at radius 2 is 1.83 bits per heavy atom. The Morgan fingerprint density at radius 3 is 2.53 bits per heavy atom. The van der Waals surface area contributed by atoms with Gasteiger partial charge >= 0.3 is 0 Å². The van der Waals surface area contributed by atoms with Crippen molar-refractivity contribution in [2.75, 3.05) is 6.61 Å². The van der Waals surface area contributed by atoms with Gasteiger partial charge in [-0.1, -0.05) is 41.4 Å². The molecule has 2 aromatic carbocycles. The zero-order valence-corrected chi connectivity index (χ0v) is 17.2. The first-order chi connectivity index (χ1) is 14.6. The molecule has 0 aliphatic carbocycles. The van der Waals surface area contributed by atoms with E-state index in [2.05, 4.69) is 10.1 Å². The lowest BCUT2D eigenvalue weighted by molar-refractivity contribution is 0.230. The molecule has 5 rings (SSSR count). The Balaban J connectivity index is 1.53. The van der Waals surface area contributed by atoms with Gasteiger partial charge in [-0.2, -0.15) is 5.10 Å². The van der Waals surface area contributed by atoms with Crippen LogP contribution in [-0.2, 0) is 16.8 Å². The van der Waals surface area contributed by atoms with Crippen LogP contribution in [0.3, 0.4) is 0 Å². The molecule has 150 valence electrons. The van der Waals surface area contributed by atoms with Crippen LogP contribution in [0.4, 0.5) is 0 Å². The number of ether oxygens (including phenoxy) is 1. The van der Waals surface area contributed by atoms with Crippen molar-refractivity contribution in [3.8, 4) is 11.1 Å². The van der Waals surface area contributed by atoms with Crippen molar-refractivity contribution in [3.05, 3.63) is 94.9 Å². The third-order valence-corrected chi connectivity index (χ3v) is 5.62. The number of aromatic nitrogens is 3. The lowest BCUT2D eigenvalue weighted by Gasteiger charge is -2.25. The molecule has 0 saturated carbocycles. The van der Waals surface area contributed by atoms with Crippen LogP contribution >= 0.6 is 23.2 Å². The Labute approximate surface area is 182 Å². The normalized spacial score (nSPS) is 18.3. The molecule has 0 fully saturated rings. The smallest absolute Gasteiger partial charge is 0.217 e. The van der Waals surface area contributed by atoms with Gasteiger partial charge in [0.1, 0.15) is 24.8 Å². The minimum atomic E-state index is -0.742. The van der Waals surface area contributed by atoms with Gasteiger partial charge in [-0.05, 0) is 35.9 Å². The van der Waals surface area contributed by atoms with E-state index in [-0.39, 0.29) is 0 Å². The highest BCUT2D eigenvalue weighted by Crippen LogP contribution is 2.39. The van der Waals surface area contributed by atoms with Crippen LogP contribution in [0.15, 0.2) is 83.1 Å². The van der Waals surface area contributed by atoms with E-state index in [1.54, 1.807) is 35.7 Å². The maximum Gasteiger partial charge on any atom is 0.217 e. The highest BCUT2D eigenvalue weighted by atomic mass is 35.5. The van der Waals surface area contributed by atoms with Crippen molar-refractivity contribution >= 4 is 29.1 Å². The molecule has 0 bridgehead atoms. The van der Waals surface area contributed by atoms with Crippen molar-refractivity contribution in [2.45, 2.75) is 12.1 Å². The van der Waals surface area contributed by atoms with Gasteiger partial charge < -0.3 is 9.15 Å². The summed E-state index contributed by atoms with van der Waals surface area (Å²) in [5.41, 5.74) is 3.04. The maximum atomic E-state index is 6.55. The van der Waals surface area contributed by atoms with Crippen molar-refractivity contribution in [3.63, 3.8) is 0 Å². The molecule has 0 N–H and O–H groups in total. The molecule has 3 heterocycles. The predicted molar refractivity (Wildman–Crippen MR) is 115 cm³/mol. The molecule has 1 unspecified atom stereocenters. The number of furan rings is 1. The molecule has 0 amide bonds. The number of hydrogen-bond donors (Lipinski definition) is 0. The van der Waals surface area contributed by atoms with Gasteiger partial charge in [0.25, 0.3) is 0 Å². The lowest BCUT2D eigenvalue weighted by Crippen LogP contribution is -2.32. The Bertz CT molecular complexity index is 1190. The zero-order valence-electron chi connectivity index (χ0n) is 15.7. The molecule has 1 aliphatic rings. The van der Waals surface area contributed by atoms with E-state index in [4.69, 9.17) is 37.3 Å². The summed E-state index contributed by atoms with van der Waals surface area (Å²) in [5.74, 6) is 0.555. The van der Waals surface area contributed by atoms with Crippen molar-refractivity contribution < 1.29 is 9.15 Å².